The van der Waals surface area contributed by atoms with Crippen molar-refractivity contribution in [2.45, 2.75) is 32.6 Å². The number of carbonyl (C=O) groups is 3. The quantitative estimate of drug-likeness (QED) is 0.704. The Labute approximate surface area is 184 Å². The summed E-state index contributed by atoms with van der Waals surface area (Å²) in [7, 11) is 0. The lowest BCUT2D eigenvalue weighted by Crippen LogP contribution is -2.50. The van der Waals surface area contributed by atoms with Gasteiger partial charge in [0.25, 0.3) is 5.91 Å². The van der Waals surface area contributed by atoms with Crippen molar-refractivity contribution in [1.29, 1.82) is 0 Å². The molecule has 31 heavy (non-hydrogen) atoms. The second kappa shape index (κ2) is 9.42. The van der Waals surface area contributed by atoms with Crippen LogP contribution in [0.25, 0.3) is 0 Å². The molecule has 2 aromatic rings. The lowest BCUT2D eigenvalue weighted by atomic mass is 9.95. The Balaban J connectivity index is 1.35. The summed E-state index contributed by atoms with van der Waals surface area (Å²) >= 11 is 1.43. The molecule has 0 bridgehead atoms. The number of aryl methyl sites for hydroxylation is 1. The van der Waals surface area contributed by atoms with E-state index < -0.39 is 5.97 Å². The van der Waals surface area contributed by atoms with Crippen molar-refractivity contribution < 1.29 is 19.1 Å². The molecule has 164 valence electrons. The molecule has 0 unspecified atom stereocenters. The molecule has 0 aromatic carbocycles. The number of ether oxygens (including phenoxy) is 1. The number of hydrogen-bond acceptors (Lipinski definition) is 8. The monoisotopic (exact) mass is 443 g/mol. The van der Waals surface area contributed by atoms with Crippen LogP contribution in [0.1, 0.15) is 40.6 Å². The molecule has 4 rings (SSSR count). The van der Waals surface area contributed by atoms with Crippen molar-refractivity contribution >= 4 is 40.1 Å². The predicted octanol–water partition coefficient (Wildman–Crippen LogP) is 1.88. The highest BCUT2D eigenvalue weighted by molar-refractivity contribution is 7.17. The Morgan fingerprint density at radius 2 is 1.81 bits per heavy atom. The van der Waals surface area contributed by atoms with Gasteiger partial charge < -0.3 is 19.9 Å². The summed E-state index contributed by atoms with van der Waals surface area (Å²) in [4.78, 5) is 50.3. The first-order valence-electron chi connectivity index (χ1n) is 10.4. The van der Waals surface area contributed by atoms with Gasteiger partial charge in [0.05, 0.1) is 5.56 Å². The second-order valence-electron chi connectivity index (χ2n) is 7.59. The molecule has 2 aliphatic rings. The molecular formula is C21H25N5O4S. The number of piperazine rings is 1. The average molecular weight is 444 g/mol. The van der Waals surface area contributed by atoms with Crippen molar-refractivity contribution in [3.05, 3.63) is 34.5 Å². The summed E-state index contributed by atoms with van der Waals surface area (Å²) in [5.41, 5.74) is 1.36. The van der Waals surface area contributed by atoms with Crippen LogP contribution in [0.2, 0.25) is 0 Å². The van der Waals surface area contributed by atoms with Gasteiger partial charge in [-0.15, -0.1) is 11.3 Å². The third-order valence-electron chi connectivity index (χ3n) is 5.46. The van der Waals surface area contributed by atoms with E-state index in [0.717, 1.165) is 36.1 Å². The van der Waals surface area contributed by atoms with Gasteiger partial charge in [0.2, 0.25) is 11.9 Å². The first kappa shape index (κ1) is 21.2. The van der Waals surface area contributed by atoms with E-state index in [-0.39, 0.29) is 18.4 Å². The number of fused-ring (bicyclic) bond motifs is 1. The topological polar surface area (TPSA) is 105 Å². The minimum atomic E-state index is -0.548. The molecule has 9 nitrogen and oxygen atoms in total. The minimum Gasteiger partial charge on any atom is -0.452 e. The summed E-state index contributed by atoms with van der Waals surface area (Å²) < 4.78 is 5.39. The third-order valence-corrected chi connectivity index (χ3v) is 6.67. The van der Waals surface area contributed by atoms with Gasteiger partial charge in [0, 0.05) is 50.4 Å². The van der Waals surface area contributed by atoms with Crippen molar-refractivity contribution in [3.63, 3.8) is 0 Å². The van der Waals surface area contributed by atoms with Crippen molar-refractivity contribution in [1.82, 2.24) is 14.9 Å². The van der Waals surface area contributed by atoms with E-state index in [1.807, 2.05) is 4.90 Å². The van der Waals surface area contributed by atoms with Crippen LogP contribution < -0.4 is 10.2 Å². The molecule has 0 atom stereocenters. The Hall–Kier alpha value is -3.01. The van der Waals surface area contributed by atoms with E-state index in [4.69, 9.17) is 4.74 Å². The van der Waals surface area contributed by atoms with E-state index in [9.17, 15) is 14.4 Å². The number of anilines is 2. The first-order valence-corrected chi connectivity index (χ1v) is 11.2. The summed E-state index contributed by atoms with van der Waals surface area (Å²) in [6.07, 6.45) is 7.13. The summed E-state index contributed by atoms with van der Waals surface area (Å²) in [6, 6.07) is 1.76. The summed E-state index contributed by atoms with van der Waals surface area (Å²) in [5.74, 6) is -0.363. The van der Waals surface area contributed by atoms with Gasteiger partial charge in [0.15, 0.2) is 6.61 Å². The maximum absolute atomic E-state index is 12.8. The zero-order valence-electron chi connectivity index (χ0n) is 17.4. The number of rotatable bonds is 5. The van der Waals surface area contributed by atoms with Gasteiger partial charge in [-0.05, 0) is 37.3 Å². The van der Waals surface area contributed by atoms with Crippen LogP contribution in [-0.4, -0.2) is 65.4 Å². The number of nitrogens with one attached hydrogen (secondary N) is 1. The fourth-order valence-electron chi connectivity index (χ4n) is 3.93. The van der Waals surface area contributed by atoms with Gasteiger partial charge in [0.1, 0.15) is 5.00 Å². The number of aromatic nitrogens is 2. The van der Waals surface area contributed by atoms with Gasteiger partial charge in [-0.1, -0.05) is 0 Å². The lowest BCUT2D eigenvalue weighted by Gasteiger charge is -2.34. The highest BCUT2D eigenvalue weighted by Crippen LogP contribution is 2.38. The third kappa shape index (κ3) is 4.84. The van der Waals surface area contributed by atoms with Crippen LogP contribution in [0.3, 0.4) is 0 Å². The molecule has 1 N–H and O–H groups in total. The molecule has 3 heterocycles. The average Bonchev–Trinajstić information content (AvgIpc) is 3.15. The van der Waals surface area contributed by atoms with Crippen LogP contribution in [0.5, 0.6) is 0 Å². The maximum atomic E-state index is 12.8. The van der Waals surface area contributed by atoms with Crippen LogP contribution in [0.15, 0.2) is 18.5 Å². The lowest BCUT2D eigenvalue weighted by molar-refractivity contribution is -0.134. The van der Waals surface area contributed by atoms with Gasteiger partial charge in [-0.3, -0.25) is 9.59 Å². The first-order chi connectivity index (χ1) is 15.0. The molecular weight excluding hydrogens is 418 g/mol. The zero-order valence-corrected chi connectivity index (χ0v) is 18.2. The van der Waals surface area contributed by atoms with E-state index in [1.165, 1.54) is 18.3 Å². The van der Waals surface area contributed by atoms with Crippen LogP contribution >= 0.6 is 11.3 Å². The smallest absolute Gasteiger partial charge is 0.341 e. The number of nitrogens with zero attached hydrogens (tertiary/aromatic N) is 4. The maximum Gasteiger partial charge on any atom is 0.341 e. The van der Waals surface area contributed by atoms with E-state index in [1.54, 1.807) is 23.4 Å². The Morgan fingerprint density at radius 1 is 1.10 bits per heavy atom. The molecule has 1 aliphatic carbocycles. The van der Waals surface area contributed by atoms with Crippen LogP contribution in [0.4, 0.5) is 10.9 Å². The van der Waals surface area contributed by atoms with Gasteiger partial charge >= 0.3 is 5.97 Å². The predicted molar refractivity (Wildman–Crippen MR) is 116 cm³/mol. The SMILES string of the molecule is CC(=O)Nc1sc2c(c1C(=O)OCC(=O)N1CCN(c3ncccn3)CC1)CCCC2. The van der Waals surface area contributed by atoms with E-state index in [2.05, 4.69) is 15.3 Å². The van der Waals surface area contributed by atoms with E-state index in [0.29, 0.717) is 42.7 Å². The normalized spacial score (nSPS) is 15.9. The molecule has 2 amide bonds. The molecule has 1 aliphatic heterocycles. The molecule has 10 heteroatoms. The van der Waals surface area contributed by atoms with E-state index >= 15 is 0 Å². The van der Waals surface area contributed by atoms with Crippen LogP contribution in [-0.2, 0) is 27.2 Å². The number of carbonyl (C=O) groups excluding carboxylic acids is 3. The van der Waals surface area contributed by atoms with Crippen LogP contribution in [0, 0.1) is 0 Å². The van der Waals surface area contributed by atoms with Gasteiger partial charge in [-0.25, -0.2) is 14.8 Å². The fourth-order valence-corrected chi connectivity index (χ4v) is 5.25. The Bertz CT molecular complexity index is 970. The largest absolute Gasteiger partial charge is 0.452 e. The molecule has 0 radical (unpaired) electrons. The number of thiophene rings is 1. The molecule has 1 saturated heterocycles. The molecule has 0 saturated carbocycles. The minimum absolute atomic E-state index is 0.229. The van der Waals surface area contributed by atoms with Crippen molar-refractivity contribution in [2.24, 2.45) is 0 Å². The number of esters is 1. The number of amides is 2. The zero-order chi connectivity index (χ0) is 21.8. The highest BCUT2D eigenvalue weighted by atomic mass is 32.1. The van der Waals surface area contributed by atoms with Crippen molar-refractivity contribution in [2.75, 3.05) is 43.0 Å². The molecule has 2 aromatic heterocycles. The standard InChI is InChI=1S/C21H25N5O4S/c1-14(27)24-19-18(15-5-2-3-6-16(15)31-19)20(29)30-13-17(28)25-9-11-26(12-10-25)21-22-7-4-8-23-21/h4,7-8H,2-3,5-6,9-13H2,1H3,(H,24,27). The summed E-state index contributed by atoms with van der Waals surface area (Å²) in [5, 5.41) is 3.27. The summed E-state index contributed by atoms with van der Waals surface area (Å²) in [6.45, 7) is 3.37. The fraction of sp³-hybridized carbons (Fsp3) is 0.476. The van der Waals surface area contributed by atoms with Crippen molar-refractivity contribution in [3.8, 4) is 0 Å². The Morgan fingerprint density at radius 3 is 2.52 bits per heavy atom. The Kier molecular flexibility index (Phi) is 6.45. The highest BCUT2D eigenvalue weighted by Gasteiger charge is 2.28. The number of hydrogen-bond donors (Lipinski definition) is 1. The second-order valence-corrected chi connectivity index (χ2v) is 8.69. The molecule has 0 spiro atoms. The van der Waals surface area contributed by atoms with Gasteiger partial charge in [-0.2, -0.15) is 0 Å². The molecule has 1 fully saturated rings.